The fourth-order valence-electron chi connectivity index (χ4n) is 2.37. The molecule has 7 heteroatoms. The molecule has 0 aromatic carbocycles. The van der Waals surface area contributed by atoms with E-state index >= 15 is 0 Å². The fraction of sp³-hybridized carbons (Fsp3) is 0.417. The van der Waals surface area contributed by atoms with Crippen LogP contribution in [0.1, 0.15) is 6.42 Å². The highest BCUT2D eigenvalue weighted by Crippen LogP contribution is 2.25. The van der Waals surface area contributed by atoms with Crippen LogP contribution in [-0.4, -0.2) is 36.4 Å². The Hall–Kier alpha value is -1.27. The highest BCUT2D eigenvalue weighted by atomic mass is 35.5. The lowest BCUT2D eigenvalue weighted by molar-refractivity contribution is 0.595. The lowest BCUT2D eigenvalue weighted by Crippen LogP contribution is -2.16. The smallest absolute Gasteiger partial charge is 0.150 e. The molecule has 1 saturated heterocycles. The number of aromatic amines is 1. The van der Waals surface area contributed by atoms with Crippen LogP contribution in [0.25, 0.3) is 11.0 Å². The lowest BCUT2D eigenvalue weighted by atomic mass is 10.1. The predicted octanol–water partition coefficient (Wildman–Crippen LogP) is 2.06. The van der Waals surface area contributed by atoms with E-state index in [0.29, 0.717) is 29.6 Å². The molecular formula is C12H14ClN3O2S. The zero-order valence-corrected chi connectivity index (χ0v) is 11.8. The topological polar surface area (TPSA) is 74.8 Å². The molecular weight excluding hydrogens is 286 g/mol. The average molecular weight is 300 g/mol. The lowest BCUT2D eigenvalue weighted by Gasteiger charge is -2.10. The molecule has 1 aliphatic rings. The van der Waals surface area contributed by atoms with Gasteiger partial charge in [-0.2, -0.15) is 0 Å². The van der Waals surface area contributed by atoms with Crippen LogP contribution in [0.4, 0.5) is 5.82 Å². The third kappa shape index (κ3) is 2.69. The van der Waals surface area contributed by atoms with Gasteiger partial charge in [-0.25, -0.2) is 13.4 Å². The van der Waals surface area contributed by atoms with Crippen molar-refractivity contribution in [3.05, 3.63) is 23.4 Å². The molecule has 0 radical (unpaired) electrons. The molecule has 1 unspecified atom stereocenters. The second-order valence-corrected chi connectivity index (χ2v) is 7.52. The number of nitrogens with one attached hydrogen (secondary N) is 2. The molecule has 0 aliphatic carbocycles. The van der Waals surface area contributed by atoms with Crippen LogP contribution in [0.2, 0.25) is 5.02 Å². The maximum atomic E-state index is 11.4. The van der Waals surface area contributed by atoms with Gasteiger partial charge >= 0.3 is 0 Å². The molecule has 0 amide bonds. The Kier molecular flexibility index (Phi) is 3.14. The van der Waals surface area contributed by atoms with Crippen LogP contribution in [0, 0.1) is 5.92 Å². The van der Waals surface area contributed by atoms with Crippen molar-refractivity contribution in [2.24, 2.45) is 5.92 Å². The molecule has 0 spiro atoms. The molecule has 5 nitrogen and oxygen atoms in total. The molecule has 0 saturated carbocycles. The first-order chi connectivity index (χ1) is 9.03. The second-order valence-electron chi connectivity index (χ2n) is 4.88. The zero-order chi connectivity index (χ0) is 13.5. The number of hydrogen-bond donors (Lipinski definition) is 2. The number of aromatic nitrogens is 2. The Bertz CT molecular complexity index is 711. The molecule has 1 atom stereocenters. The number of H-pyrrole nitrogens is 1. The number of sulfone groups is 1. The molecule has 2 aromatic rings. The third-order valence-electron chi connectivity index (χ3n) is 3.38. The quantitative estimate of drug-likeness (QED) is 0.910. The number of fused-ring (bicyclic) bond motifs is 1. The summed E-state index contributed by atoms with van der Waals surface area (Å²) in [6.07, 6.45) is 2.50. The normalized spacial score (nSPS) is 21.8. The Labute approximate surface area is 116 Å². The molecule has 3 heterocycles. The fourth-order valence-corrected chi connectivity index (χ4v) is 4.49. The van der Waals surface area contributed by atoms with E-state index in [1.165, 1.54) is 0 Å². The minimum absolute atomic E-state index is 0.157. The summed E-state index contributed by atoms with van der Waals surface area (Å²) in [5.74, 6) is 1.39. The monoisotopic (exact) mass is 299 g/mol. The first kappa shape index (κ1) is 12.7. The molecule has 102 valence electrons. The van der Waals surface area contributed by atoms with Gasteiger partial charge in [-0.05, 0) is 24.5 Å². The van der Waals surface area contributed by atoms with E-state index < -0.39 is 9.84 Å². The van der Waals surface area contributed by atoms with Gasteiger partial charge in [0.05, 0.1) is 16.5 Å². The summed E-state index contributed by atoms with van der Waals surface area (Å²) in [6.45, 7) is 0.606. The van der Waals surface area contributed by atoms with Crippen molar-refractivity contribution < 1.29 is 8.42 Å². The van der Waals surface area contributed by atoms with Crippen LogP contribution in [0.3, 0.4) is 0 Å². The van der Waals surface area contributed by atoms with Gasteiger partial charge < -0.3 is 10.3 Å². The molecule has 1 aliphatic heterocycles. The summed E-state index contributed by atoms with van der Waals surface area (Å²) >= 11 is 6.15. The van der Waals surface area contributed by atoms with Gasteiger partial charge in [-0.3, -0.25) is 0 Å². The summed E-state index contributed by atoms with van der Waals surface area (Å²) in [4.78, 5) is 7.40. The number of halogens is 1. The standard InChI is InChI=1S/C12H14ClN3O2S/c13-10-5-11(16-12-9(10)1-3-14-12)15-6-8-2-4-19(17,18)7-8/h1,3,5,8H,2,4,6-7H2,(H2,14,15,16). The van der Waals surface area contributed by atoms with E-state index in [4.69, 9.17) is 11.6 Å². The van der Waals surface area contributed by atoms with Gasteiger partial charge in [0.15, 0.2) is 9.84 Å². The van der Waals surface area contributed by atoms with Crippen molar-refractivity contribution in [3.63, 3.8) is 0 Å². The van der Waals surface area contributed by atoms with Crippen LogP contribution in [-0.2, 0) is 9.84 Å². The van der Waals surface area contributed by atoms with Crippen molar-refractivity contribution in [3.8, 4) is 0 Å². The Balaban J connectivity index is 1.72. The van der Waals surface area contributed by atoms with Gasteiger partial charge in [0.2, 0.25) is 0 Å². The van der Waals surface area contributed by atoms with Crippen LogP contribution >= 0.6 is 11.6 Å². The average Bonchev–Trinajstić information content (AvgIpc) is 2.93. The number of pyridine rings is 1. The largest absolute Gasteiger partial charge is 0.370 e. The van der Waals surface area contributed by atoms with Crippen molar-refractivity contribution in [1.29, 1.82) is 0 Å². The molecule has 2 N–H and O–H groups in total. The molecule has 1 fully saturated rings. The molecule has 0 bridgehead atoms. The van der Waals surface area contributed by atoms with E-state index in [-0.39, 0.29) is 11.7 Å². The molecule has 3 rings (SSSR count). The van der Waals surface area contributed by atoms with Crippen molar-refractivity contribution in [2.75, 3.05) is 23.4 Å². The van der Waals surface area contributed by atoms with Gasteiger partial charge in [-0.1, -0.05) is 11.6 Å². The summed E-state index contributed by atoms with van der Waals surface area (Å²) in [6, 6.07) is 3.64. The van der Waals surface area contributed by atoms with Crippen molar-refractivity contribution in [2.45, 2.75) is 6.42 Å². The van der Waals surface area contributed by atoms with Gasteiger partial charge in [0.25, 0.3) is 0 Å². The van der Waals surface area contributed by atoms with E-state index in [0.717, 1.165) is 11.0 Å². The molecule has 2 aromatic heterocycles. The minimum Gasteiger partial charge on any atom is -0.370 e. The van der Waals surface area contributed by atoms with Crippen LogP contribution < -0.4 is 5.32 Å². The highest BCUT2D eigenvalue weighted by molar-refractivity contribution is 7.91. The Morgan fingerprint density at radius 1 is 1.53 bits per heavy atom. The maximum Gasteiger partial charge on any atom is 0.150 e. The second kappa shape index (κ2) is 4.68. The van der Waals surface area contributed by atoms with E-state index in [2.05, 4.69) is 15.3 Å². The highest BCUT2D eigenvalue weighted by Gasteiger charge is 2.27. The van der Waals surface area contributed by atoms with Gasteiger partial charge in [-0.15, -0.1) is 0 Å². The zero-order valence-electron chi connectivity index (χ0n) is 10.2. The van der Waals surface area contributed by atoms with Gasteiger partial charge in [0, 0.05) is 18.1 Å². The van der Waals surface area contributed by atoms with Crippen molar-refractivity contribution >= 4 is 38.3 Å². The number of anilines is 1. The van der Waals surface area contributed by atoms with E-state index in [1.807, 2.05) is 6.07 Å². The van der Waals surface area contributed by atoms with E-state index in [1.54, 1.807) is 12.3 Å². The molecule has 19 heavy (non-hydrogen) atoms. The van der Waals surface area contributed by atoms with Crippen molar-refractivity contribution in [1.82, 2.24) is 9.97 Å². The van der Waals surface area contributed by atoms with Crippen LogP contribution in [0.5, 0.6) is 0 Å². The minimum atomic E-state index is -2.83. The first-order valence-electron chi connectivity index (χ1n) is 6.11. The van der Waals surface area contributed by atoms with E-state index in [9.17, 15) is 8.42 Å². The van der Waals surface area contributed by atoms with Gasteiger partial charge in [0.1, 0.15) is 11.5 Å². The number of rotatable bonds is 3. The predicted molar refractivity (Wildman–Crippen MR) is 76.4 cm³/mol. The Morgan fingerprint density at radius 2 is 2.37 bits per heavy atom. The maximum absolute atomic E-state index is 11.4. The number of hydrogen-bond acceptors (Lipinski definition) is 4. The SMILES string of the molecule is O=S1(=O)CCC(CNc2cc(Cl)c3cc[nH]c3n2)C1. The summed E-state index contributed by atoms with van der Waals surface area (Å²) in [5.41, 5.74) is 0.731. The summed E-state index contributed by atoms with van der Waals surface area (Å²) in [5, 5.41) is 4.68. The number of nitrogens with zero attached hydrogens (tertiary/aromatic N) is 1. The Morgan fingerprint density at radius 3 is 3.11 bits per heavy atom. The third-order valence-corrected chi connectivity index (χ3v) is 5.53. The summed E-state index contributed by atoms with van der Waals surface area (Å²) < 4.78 is 22.8. The van der Waals surface area contributed by atoms with Crippen LogP contribution in [0.15, 0.2) is 18.3 Å². The summed E-state index contributed by atoms with van der Waals surface area (Å²) in [7, 11) is -2.83. The first-order valence-corrected chi connectivity index (χ1v) is 8.31.